The lowest BCUT2D eigenvalue weighted by atomic mass is 9.87. The smallest absolute Gasteiger partial charge is 0.406 e. The second kappa shape index (κ2) is 11.3. The molecular formula is C23H30ClF4NOS. The van der Waals surface area contributed by atoms with Crippen LogP contribution in [0, 0.1) is 5.82 Å². The minimum atomic E-state index is -4.74. The van der Waals surface area contributed by atoms with E-state index in [-0.39, 0.29) is 17.0 Å². The number of thioether (sulfide) groups is 1. The minimum Gasteiger partial charge on any atom is -0.406 e. The summed E-state index contributed by atoms with van der Waals surface area (Å²) >= 11 is 7.58. The van der Waals surface area contributed by atoms with Gasteiger partial charge in [-0.1, -0.05) is 53.1 Å². The molecule has 3 rings (SSSR count). The average molecular weight is 480 g/mol. The number of alkyl halides is 3. The monoisotopic (exact) mass is 479 g/mol. The van der Waals surface area contributed by atoms with Crippen molar-refractivity contribution in [3.63, 3.8) is 0 Å². The number of fused-ring (bicyclic) bond motifs is 1. The zero-order chi connectivity index (χ0) is 24.0. The fraction of sp³-hybridized carbons (Fsp3) is 0.478. The second-order valence-electron chi connectivity index (χ2n) is 7.04. The van der Waals surface area contributed by atoms with Crippen molar-refractivity contribution < 1.29 is 22.3 Å². The van der Waals surface area contributed by atoms with E-state index in [0.29, 0.717) is 28.6 Å². The third-order valence-corrected chi connectivity index (χ3v) is 5.64. The first-order valence-corrected chi connectivity index (χ1v) is 11.8. The Morgan fingerprint density at radius 2 is 1.71 bits per heavy atom. The molecule has 0 saturated heterocycles. The van der Waals surface area contributed by atoms with E-state index in [1.54, 1.807) is 18.4 Å². The van der Waals surface area contributed by atoms with Crippen LogP contribution in [0.4, 0.5) is 23.2 Å². The van der Waals surface area contributed by atoms with E-state index in [9.17, 15) is 17.6 Å². The zero-order valence-electron chi connectivity index (χ0n) is 19.0. The highest BCUT2D eigenvalue weighted by molar-refractivity contribution is 7.98. The number of halogens is 5. The molecule has 0 atom stereocenters. The van der Waals surface area contributed by atoms with Crippen LogP contribution in [0.5, 0.6) is 5.75 Å². The van der Waals surface area contributed by atoms with Gasteiger partial charge in [0.15, 0.2) is 0 Å². The number of anilines is 1. The van der Waals surface area contributed by atoms with Gasteiger partial charge in [-0.05, 0) is 47.7 Å². The number of hydrogen-bond donors (Lipinski definition) is 0. The van der Waals surface area contributed by atoms with Crippen LogP contribution in [0.3, 0.4) is 0 Å². The van der Waals surface area contributed by atoms with Crippen LogP contribution in [0.1, 0.15) is 52.7 Å². The first-order chi connectivity index (χ1) is 14.5. The first kappa shape index (κ1) is 27.4. The van der Waals surface area contributed by atoms with E-state index in [1.165, 1.54) is 30.0 Å². The predicted molar refractivity (Wildman–Crippen MR) is 123 cm³/mol. The van der Waals surface area contributed by atoms with E-state index in [1.807, 2.05) is 46.4 Å². The summed E-state index contributed by atoms with van der Waals surface area (Å²) in [5.41, 5.74) is 1.79. The Hall–Kier alpha value is -1.60. The Bertz CT molecular complexity index is 871. The minimum absolute atomic E-state index is 0.246. The van der Waals surface area contributed by atoms with E-state index in [4.69, 9.17) is 11.6 Å². The van der Waals surface area contributed by atoms with Crippen molar-refractivity contribution in [2.75, 3.05) is 17.7 Å². The van der Waals surface area contributed by atoms with Gasteiger partial charge in [0.2, 0.25) is 0 Å². The molecule has 0 aliphatic carbocycles. The third kappa shape index (κ3) is 6.94. The topological polar surface area (TPSA) is 12.5 Å². The lowest BCUT2D eigenvalue weighted by molar-refractivity contribution is -0.274. The van der Waals surface area contributed by atoms with Crippen molar-refractivity contribution in [3.8, 4) is 5.75 Å². The quantitative estimate of drug-likeness (QED) is 0.322. The van der Waals surface area contributed by atoms with Crippen molar-refractivity contribution in [2.45, 2.75) is 64.8 Å². The molecule has 1 aliphatic heterocycles. The van der Waals surface area contributed by atoms with Gasteiger partial charge in [0.05, 0.1) is 0 Å². The van der Waals surface area contributed by atoms with Gasteiger partial charge in [-0.15, -0.1) is 24.9 Å². The molecule has 174 valence electrons. The van der Waals surface area contributed by atoms with Gasteiger partial charge >= 0.3 is 6.36 Å². The molecule has 0 saturated carbocycles. The van der Waals surface area contributed by atoms with Gasteiger partial charge in [-0.3, -0.25) is 0 Å². The highest BCUT2D eigenvalue weighted by Crippen LogP contribution is 2.44. The van der Waals surface area contributed by atoms with Gasteiger partial charge in [0, 0.05) is 34.1 Å². The lowest BCUT2D eigenvalue weighted by Crippen LogP contribution is -2.28. The SMILES string of the molecule is CC.CC.CSc1cc(Cl)c(CN2CC(C)(C)c3cc(OC(F)(F)F)ccc32)cc1F. The summed E-state index contributed by atoms with van der Waals surface area (Å²) in [5.74, 6) is -0.584. The number of ether oxygens (including phenoxy) is 1. The second-order valence-corrected chi connectivity index (χ2v) is 8.30. The number of hydrogen-bond acceptors (Lipinski definition) is 3. The maximum atomic E-state index is 14.1. The fourth-order valence-corrected chi connectivity index (χ4v) is 4.15. The molecule has 0 amide bonds. The molecule has 2 aromatic rings. The molecule has 0 bridgehead atoms. The number of nitrogens with zero attached hydrogens (tertiary/aromatic N) is 1. The van der Waals surface area contributed by atoms with Crippen molar-refractivity contribution in [1.29, 1.82) is 0 Å². The molecule has 8 heteroatoms. The Morgan fingerprint density at radius 3 is 2.26 bits per heavy atom. The summed E-state index contributed by atoms with van der Waals surface area (Å²) in [7, 11) is 0. The molecule has 1 heterocycles. The van der Waals surface area contributed by atoms with Crippen molar-refractivity contribution in [1.82, 2.24) is 0 Å². The van der Waals surface area contributed by atoms with Gasteiger partial charge < -0.3 is 9.64 Å². The van der Waals surface area contributed by atoms with Crippen LogP contribution in [0.25, 0.3) is 0 Å². The zero-order valence-corrected chi connectivity index (χ0v) is 20.5. The largest absolute Gasteiger partial charge is 0.573 e. The molecule has 0 fully saturated rings. The first-order valence-electron chi connectivity index (χ1n) is 10.2. The van der Waals surface area contributed by atoms with Crippen molar-refractivity contribution in [3.05, 3.63) is 52.3 Å². The Balaban J connectivity index is 0.00000113. The molecule has 1 aliphatic rings. The van der Waals surface area contributed by atoms with E-state index < -0.39 is 6.36 Å². The van der Waals surface area contributed by atoms with Crippen LogP contribution in [0.2, 0.25) is 5.02 Å². The summed E-state index contributed by atoms with van der Waals surface area (Å²) < 4.78 is 55.7. The van der Waals surface area contributed by atoms with Crippen LogP contribution in [-0.2, 0) is 12.0 Å². The van der Waals surface area contributed by atoms with Crippen LogP contribution >= 0.6 is 23.4 Å². The van der Waals surface area contributed by atoms with Crippen molar-refractivity contribution >= 4 is 29.1 Å². The highest BCUT2D eigenvalue weighted by Gasteiger charge is 2.37. The van der Waals surface area contributed by atoms with Gasteiger partial charge in [0.25, 0.3) is 0 Å². The summed E-state index contributed by atoms with van der Waals surface area (Å²) in [5, 5.41) is 0.462. The maximum absolute atomic E-state index is 14.1. The molecule has 0 spiro atoms. The molecule has 0 N–H and O–H groups in total. The number of benzene rings is 2. The normalized spacial score (nSPS) is 14.1. The third-order valence-electron chi connectivity index (χ3n) is 4.54. The lowest BCUT2D eigenvalue weighted by Gasteiger charge is -2.23. The average Bonchev–Trinajstić information content (AvgIpc) is 2.96. The summed E-state index contributed by atoms with van der Waals surface area (Å²) in [6.45, 7) is 12.8. The summed E-state index contributed by atoms with van der Waals surface area (Å²) in [6, 6.07) is 7.33. The summed E-state index contributed by atoms with van der Waals surface area (Å²) in [6.07, 6.45) is -2.96. The molecule has 2 aromatic carbocycles. The van der Waals surface area contributed by atoms with Crippen LogP contribution in [-0.4, -0.2) is 19.2 Å². The predicted octanol–water partition coefficient (Wildman–Crippen LogP) is 8.45. The van der Waals surface area contributed by atoms with Gasteiger partial charge in [-0.25, -0.2) is 4.39 Å². The van der Waals surface area contributed by atoms with Crippen LogP contribution < -0.4 is 9.64 Å². The summed E-state index contributed by atoms with van der Waals surface area (Å²) in [4.78, 5) is 2.46. The Morgan fingerprint density at radius 1 is 1.10 bits per heavy atom. The fourth-order valence-electron chi connectivity index (χ4n) is 3.37. The molecule has 0 aromatic heterocycles. The van der Waals surface area contributed by atoms with Gasteiger partial charge in [-0.2, -0.15) is 0 Å². The van der Waals surface area contributed by atoms with E-state index in [0.717, 1.165) is 11.3 Å². The number of rotatable bonds is 4. The van der Waals surface area contributed by atoms with Crippen molar-refractivity contribution in [2.24, 2.45) is 0 Å². The van der Waals surface area contributed by atoms with Crippen LogP contribution in [0.15, 0.2) is 35.2 Å². The van der Waals surface area contributed by atoms with E-state index in [2.05, 4.69) is 4.74 Å². The maximum Gasteiger partial charge on any atom is 0.573 e. The Kier molecular flexibility index (Phi) is 10.0. The highest BCUT2D eigenvalue weighted by atomic mass is 35.5. The van der Waals surface area contributed by atoms with Gasteiger partial charge in [0.1, 0.15) is 11.6 Å². The molecule has 31 heavy (non-hydrogen) atoms. The molecule has 0 unspecified atom stereocenters. The molecule has 0 radical (unpaired) electrons. The molecular weight excluding hydrogens is 450 g/mol. The Labute approximate surface area is 191 Å². The van der Waals surface area contributed by atoms with E-state index >= 15 is 0 Å². The standard InChI is InChI=1S/C19H18ClF4NOS.2C2H6/c1-18(2)10-25(9-11-6-15(21)17(27-3)8-14(11)20)16-5-4-12(7-13(16)18)26-19(22,23)24;2*1-2/h4-8H,9-10H2,1-3H3;2*1-2H3. The molecule has 2 nitrogen and oxygen atoms in total.